The molecule has 1 aromatic heterocycles. The van der Waals surface area contributed by atoms with E-state index in [-0.39, 0.29) is 66.6 Å². The monoisotopic (exact) mass is 857 g/mol. The van der Waals surface area contributed by atoms with Crippen molar-refractivity contribution >= 4 is 28.7 Å². The predicted octanol–water partition coefficient (Wildman–Crippen LogP) is 5.40. The molecule has 0 spiro atoms. The summed E-state index contributed by atoms with van der Waals surface area (Å²) >= 11 is 0. The highest BCUT2D eigenvalue weighted by Gasteiger charge is 2.47. The average molecular weight is 858 g/mol. The van der Waals surface area contributed by atoms with Crippen LogP contribution in [-0.2, 0) is 43.9 Å². The number of aliphatic hydroxyl groups excluding tert-OH is 1. The van der Waals surface area contributed by atoms with Crippen LogP contribution in [0.4, 0.5) is 4.39 Å². The number of likely N-dealkylation sites (tertiary alicyclic amines) is 1. The van der Waals surface area contributed by atoms with Crippen LogP contribution in [0.3, 0.4) is 0 Å². The average Bonchev–Trinajstić information content (AvgIpc) is 3.30. The number of rotatable bonds is 16. The maximum Gasteiger partial charge on any atom is 0.317 e. The Morgan fingerprint density at radius 2 is 1.57 bits per heavy atom. The summed E-state index contributed by atoms with van der Waals surface area (Å²) in [5.41, 5.74) is 2.59. The number of H-pyrrole nitrogens is 1. The minimum Gasteiger partial charge on any atom is -0.506 e. The van der Waals surface area contributed by atoms with Crippen molar-refractivity contribution in [2.75, 3.05) is 52.4 Å². The molecule has 4 fully saturated rings. The summed E-state index contributed by atoms with van der Waals surface area (Å²) in [4.78, 5) is 61.8. The normalized spacial score (nSPS) is 19.7. The third-order valence-corrected chi connectivity index (χ3v) is 13.3. The largest absolute Gasteiger partial charge is 0.506 e. The van der Waals surface area contributed by atoms with Crippen LogP contribution in [0.25, 0.3) is 10.9 Å². The van der Waals surface area contributed by atoms with Crippen LogP contribution in [0, 0.1) is 11.7 Å². The number of benzene rings is 4. The highest BCUT2D eigenvalue weighted by molar-refractivity contribution is 5.87. The van der Waals surface area contributed by atoms with Crippen molar-refractivity contribution in [1.82, 2.24) is 25.0 Å². The molecule has 0 saturated carbocycles. The molecule has 4 N–H and O–H groups in total. The summed E-state index contributed by atoms with van der Waals surface area (Å²) < 4.78 is 21.1. The maximum absolute atomic E-state index is 14.8. The Morgan fingerprint density at radius 1 is 0.873 bits per heavy atom. The van der Waals surface area contributed by atoms with Crippen molar-refractivity contribution in [3.8, 4) is 5.75 Å². The molecule has 4 aromatic carbocycles. The van der Waals surface area contributed by atoms with Crippen molar-refractivity contribution in [2.45, 2.75) is 69.1 Å². The van der Waals surface area contributed by atoms with Gasteiger partial charge in [-0.3, -0.25) is 24.1 Å². The summed E-state index contributed by atoms with van der Waals surface area (Å²) in [6, 6.07) is 29.7. The first kappa shape index (κ1) is 43.7. The minimum absolute atomic E-state index is 0.0174. The van der Waals surface area contributed by atoms with Gasteiger partial charge in [0.25, 0.3) is 0 Å². The van der Waals surface area contributed by atoms with Gasteiger partial charge in [0.15, 0.2) is 0 Å². The fraction of sp³-hybridized carbons (Fsp3) is 0.400. The number of nitrogens with one attached hydrogen (secondary N) is 2. The zero-order valence-electron chi connectivity index (χ0n) is 35.5. The van der Waals surface area contributed by atoms with Crippen LogP contribution >= 0.6 is 0 Å². The molecular weight excluding hydrogens is 802 g/mol. The number of carbonyl (C=O) groups excluding carboxylic acids is 3. The Balaban J connectivity index is 0.844. The van der Waals surface area contributed by atoms with E-state index in [0.29, 0.717) is 67.9 Å². The van der Waals surface area contributed by atoms with Crippen molar-refractivity contribution in [1.29, 1.82) is 0 Å². The molecule has 9 rings (SSSR count). The lowest BCUT2D eigenvalue weighted by atomic mass is 9.72. The minimum atomic E-state index is -0.928. The number of piperidine rings is 4. The van der Waals surface area contributed by atoms with E-state index in [1.807, 2.05) is 59.5 Å². The Morgan fingerprint density at radius 3 is 2.27 bits per heavy atom. The SMILES string of the molecule is O=C(Cc1ccc(CC(=O)N(CCCNCC(O)c2ccc(O)c3[nH]c(=O)ccc23)Cc2ccccc2F)cc1)N1CCC(C(=O)OC2CN3CCC2CC3)(c2ccccc2)CC1. The molecule has 2 bridgehead atoms. The molecule has 5 aromatic rings. The number of pyridine rings is 1. The van der Waals surface area contributed by atoms with E-state index >= 15 is 0 Å². The Kier molecular flexibility index (Phi) is 13.6. The molecule has 2 atom stereocenters. The van der Waals surface area contributed by atoms with E-state index in [0.717, 1.165) is 49.2 Å². The standard InChI is InChI=1S/C50H56FN5O7/c51-41-10-5-4-7-37(41)32-56(24-6-23-52-31-43(58)39-15-17-42(57)48-40(39)16-18-45(59)53-48)47(61)30-35-13-11-34(12-14-35)29-46(60)55-27-21-50(22-28-55,38-8-2-1-3-9-38)49(62)63-44-33-54-25-19-36(44)20-26-54/h1-5,7-18,36,43-44,52,57-58H,6,19-33H2,(H,53,59). The lowest BCUT2D eigenvalue weighted by Gasteiger charge is -2.46. The van der Waals surface area contributed by atoms with Crippen LogP contribution in [0.15, 0.2) is 108 Å². The van der Waals surface area contributed by atoms with Crippen LogP contribution in [-0.4, -0.2) is 106 Å². The summed E-state index contributed by atoms with van der Waals surface area (Å²) in [7, 11) is 0. The number of hydrogen-bond acceptors (Lipinski definition) is 9. The molecule has 4 saturated heterocycles. The van der Waals surface area contributed by atoms with Crippen molar-refractivity contribution in [2.24, 2.45) is 5.92 Å². The van der Waals surface area contributed by atoms with E-state index in [4.69, 9.17) is 4.74 Å². The zero-order chi connectivity index (χ0) is 43.9. The molecule has 4 aliphatic rings. The Hall–Kier alpha value is -5.89. The molecule has 0 radical (unpaired) electrons. The van der Waals surface area contributed by atoms with Gasteiger partial charge in [-0.05, 0) is 98.1 Å². The van der Waals surface area contributed by atoms with Gasteiger partial charge in [0, 0.05) is 56.3 Å². The van der Waals surface area contributed by atoms with Crippen LogP contribution in [0.1, 0.15) is 66.0 Å². The van der Waals surface area contributed by atoms with Crippen molar-refractivity contribution in [3.63, 3.8) is 0 Å². The third-order valence-electron chi connectivity index (χ3n) is 13.3. The lowest BCUT2D eigenvalue weighted by molar-refractivity contribution is -0.168. The van der Waals surface area contributed by atoms with Crippen LogP contribution < -0.4 is 10.9 Å². The molecule has 2 amide bonds. The van der Waals surface area contributed by atoms with E-state index in [1.54, 1.807) is 35.2 Å². The van der Waals surface area contributed by atoms with Gasteiger partial charge in [0.1, 0.15) is 17.7 Å². The van der Waals surface area contributed by atoms with Gasteiger partial charge in [-0.15, -0.1) is 0 Å². The summed E-state index contributed by atoms with van der Waals surface area (Å²) in [5, 5.41) is 24.9. The van der Waals surface area contributed by atoms with Crippen molar-refractivity contribution in [3.05, 3.63) is 147 Å². The highest BCUT2D eigenvalue weighted by atomic mass is 19.1. The number of aromatic amines is 1. The first-order chi connectivity index (χ1) is 30.6. The van der Waals surface area contributed by atoms with Gasteiger partial charge in [-0.1, -0.05) is 78.9 Å². The molecule has 2 unspecified atom stereocenters. The number of nitrogens with zero attached hydrogens (tertiary/aromatic N) is 3. The lowest BCUT2D eigenvalue weighted by Crippen LogP contribution is -2.55. The maximum atomic E-state index is 14.8. The zero-order valence-corrected chi connectivity index (χ0v) is 35.5. The van der Waals surface area contributed by atoms with Gasteiger partial charge in [-0.25, -0.2) is 4.39 Å². The van der Waals surface area contributed by atoms with Gasteiger partial charge >= 0.3 is 5.97 Å². The number of ether oxygens (including phenoxy) is 1. The molecular formula is C50H56FN5O7. The molecule has 12 nitrogen and oxygen atoms in total. The predicted molar refractivity (Wildman–Crippen MR) is 237 cm³/mol. The number of halogens is 1. The van der Waals surface area contributed by atoms with Gasteiger partial charge in [0.05, 0.1) is 29.9 Å². The van der Waals surface area contributed by atoms with Gasteiger partial charge in [-0.2, -0.15) is 0 Å². The number of esters is 1. The molecule has 0 aliphatic carbocycles. The highest BCUT2D eigenvalue weighted by Crippen LogP contribution is 2.39. The first-order valence-corrected chi connectivity index (χ1v) is 22.2. The first-order valence-electron chi connectivity index (χ1n) is 22.2. The number of aromatic nitrogens is 1. The summed E-state index contributed by atoms with van der Waals surface area (Å²) in [5.74, 6) is -0.432. The van der Waals surface area contributed by atoms with E-state index in [9.17, 15) is 33.8 Å². The summed E-state index contributed by atoms with van der Waals surface area (Å²) in [6.07, 6.45) is 2.91. The third kappa shape index (κ3) is 10.2. The molecule has 63 heavy (non-hydrogen) atoms. The van der Waals surface area contributed by atoms with E-state index < -0.39 is 17.3 Å². The molecule has 4 aliphatic heterocycles. The number of fused-ring (bicyclic) bond motifs is 4. The van der Waals surface area contributed by atoms with E-state index in [1.165, 1.54) is 18.2 Å². The van der Waals surface area contributed by atoms with Crippen LogP contribution in [0.5, 0.6) is 5.75 Å². The number of phenolic OH excluding ortho intramolecular Hbond substituents is 1. The summed E-state index contributed by atoms with van der Waals surface area (Å²) in [6.45, 7) is 4.91. The number of carbonyl (C=O) groups is 3. The van der Waals surface area contributed by atoms with Gasteiger partial charge in [0.2, 0.25) is 17.4 Å². The second-order valence-corrected chi connectivity index (χ2v) is 17.3. The fourth-order valence-corrected chi connectivity index (χ4v) is 9.57. The fourth-order valence-electron chi connectivity index (χ4n) is 9.57. The van der Waals surface area contributed by atoms with Gasteiger partial charge < -0.3 is 35.1 Å². The second-order valence-electron chi connectivity index (χ2n) is 17.3. The topological polar surface area (TPSA) is 156 Å². The molecule has 13 heteroatoms. The number of aromatic hydroxyl groups is 1. The molecule has 5 heterocycles. The van der Waals surface area contributed by atoms with Crippen molar-refractivity contribution < 1.29 is 33.7 Å². The number of phenols is 1. The smallest absolute Gasteiger partial charge is 0.317 e. The molecule has 330 valence electrons. The number of aliphatic hydroxyl groups is 1. The van der Waals surface area contributed by atoms with E-state index in [2.05, 4.69) is 15.2 Å². The number of amides is 2. The second kappa shape index (κ2) is 19.7. The number of hydrogen-bond donors (Lipinski definition) is 4. The Labute approximate surface area is 366 Å². The van der Waals surface area contributed by atoms with Crippen LogP contribution in [0.2, 0.25) is 0 Å². The quantitative estimate of drug-likeness (QED) is 0.0755. The Bertz CT molecular complexity index is 2450.